The van der Waals surface area contributed by atoms with Crippen LogP contribution in [0.15, 0.2) is 6.07 Å². The number of halogens is 1. The summed E-state index contributed by atoms with van der Waals surface area (Å²) in [5.41, 5.74) is 3.22. The van der Waals surface area contributed by atoms with Gasteiger partial charge >= 0.3 is 0 Å². The zero-order valence-electron chi connectivity index (χ0n) is 13.9. The second kappa shape index (κ2) is 7.00. The van der Waals surface area contributed by atoms with E-state index in [0.717, 1.165) is 29.5 Å². The summed E-state index contributed by atoms with van der Waals surface area (Å²) in [6.07, 6.45) is 3.96. The van der Waals surface area contributed by atoms with Gasteiger partial charge in [-0.25, -0.2) is 4.98 Å². The number of aryl methyl sites for hydroxylation is 2. The molecule has 1 aromatic heterocycles. The van der Waals surface area contributed by atoms with Crippen molar-refractivity contribution < 1.29 is 4.74 Å². The van der Waals surface area contributed by atoms with Gasteiger partial charge in [0.1, 0.15) is 6.10 Å². The van der Waals surface area contributed by atoms with E-state index in [4.69, 9.17) is 16.3 Å². The van der Waals surface area contributed by atoms with Gasteiger partial charge in [0.25, 0.3) is 0 Å². The van der Waals surface area contributed by atoms with Crippen LogP contribution in [0.4, 0.5) is 0 Å². The number of aromatic nitrogens is 1. The molecular formula is C18H28ClNO. The van der Waals surface area contributed by atoms with Gasteiger partial charge in [-0.15, -0.1) is 11.6 Å². The number of pyridine rings is 1. The summed E-state index contributed by atoms with van der Waals surface area (Å²) >= 11 is 6.11. The predicted molar refractivity (Wildman–Crippen MR) is 89.0 cm³/mol. The van der Waals surface area contributed by atoms with Crippen LogP contribution in [0.2, 0.25) is 0 Å². The first-order valence-electron chi connectivity index (χ1n) is 8.12. The second-order valence-corrected chi connectivity index (χ2v) is 7.25. The van der Waals surface area contributed by atoms with Crippen LogP contribution in [0, 0.1) is 31.6 Å². The summed E-state index contributed by atoms with van der Waals surface area (Å²) in [7, 11) is 0. The van der Waals surface area contributed by atoms with Crippen molar-refractivity contribution >= 4 is 11.6 Å². The minimum absolute atomic E-state index is 0.268. The number of hydrogen-bond donors (Lipinski definition) is 0. The van der Waals surface area contributed by atoms with Crippen molar-refractivity contribution in [2.45, 2.75) is 65.9 Å². The SMILES string of the molecule is Cc1cc(C)c(CCl)c(OC2CC(C)CCC2C(C)C)n1. The van der Waals surface area contributed by atoms with E-state index in [2.05, 4.69) is 38.7 Å². The number of rotatable bonds is 4. The minimum atomic E-state index is 0.268. The first-order chi connectivity index (χ1) is 9.92. The van der Waals surface area contributed by atoms with Crippen molar-refractivity contribution in [3.05, 3.63) is 22.9 Å². The summed E-state index contributed by atoms with van der Waals surface area (Å²) in [5, 5.41) is 0. The van der Waals surface area contributed by atoms with E-state index in [9.17, 15) is 0 Å². The van der Waals surface area contributed by atoms with Gasteiger partial charge in [0.05, 0.1) is 5.88 Å². The lowest BCUT2D eigenvalue weighted by atomic mass is 9.75. The Morgan fingerprint density at radius 2 is 2.05 bits per heavy atom. The van der Waals surface area contributed by atoms with Gasteiger partial charge in [-0.2, -0.15) is 0 Å². The molecule has 0 aliphatic heterocycles. The smallest absolute Gasteiger partial charge is 0.218 e. The second-order valence-electron chi connectivity index (χ2n) is 6.98. The van der Waals surface area contributed by atoms with E-state index in [0.29, 0.717) is 17.7 Å². The topological polar surface area (TPSA) is 22.1 Å². The number of alkyl halides is 1. The predicted octanol–water partition coefficient (Wildman–Crippen LogP) is 5.28. The Morgan fingerprint density at radius 3 is 2.67 bits per heavy atom. The summed E-state index contributed by atoms with van der Waals surface area (Å²) in [5.74, 6) is 3.21. The summed E-state index contributed by atoms with van der Waals surface area (Å²) in [6, 6.07) is 2.08. The van der Waals surface area contributed by atoms with Gasteiger partial charge in [0.2, 0.25) is 5.88 Å². The minimum Gasteiger partial charge on any atom is -0.474 e. The van der Waals surface area contributed by atoms with E-state index in [1.807, 2.05) is 6.92 Å². The fourth-order valence-corrected chi connectivity index (χ4v) is 3.81. The molecule has 2 rings (SSSR count). The molecule has 118 valence electrons. The van der Waals surface area contributed by atoms with Crippen LogP contribution in [0.25, 0.3) is 0 Å². The monoisotopic (exact) mass is 309 g/mol. The maximum Gasteiger partial charge on any atom is 0.218 e. The molecule has 1 aliphatic rings. The summed E-state index contributed by atoms with van der Waals surface area (Å²) in [6.45, 7) is 11.0. The van der Waals surface area contributed by atoms with Crippen molar-refractivity contribution in [2.24, 2.45) is 17.8 Å². The number of ether oxygens (including phenoxy) is 1. The number of hydrogen-bond acceptors (Lipinski definition) is 2. The van der Waals surface area contributed by atoms with Crippen LogP contribution in [0.3, 0.4) is 0 Å². The van der Waals surface area contributed by atoms with Gasteiger partial charge in [0, 0.05) is 11.3 Å². The molecule has 0 saturated heterocycles. The lowest BCUT2D eigenvalue weighted by molar-refractivity contribution is 0.0419. The van der Waals surface area contributed by atoms with E-state index in [1.54, 1.807) is 0 Å². The average Bonchev–Trinajstić information content (AvgIpc) is 2.37. The maximum atomic E-state index is 6.39. The fraction of sp³-hybridized carbons (Fsp3) is 0.722. The Bertz CT molecular complexity index is 486. The molecule has 2 nitrogen and oxygen atoms in total. The first kappa shape index (κ1) is 16.6. The van der Waals surface area contributed by atoms with E-state index in [1.165, 1.54) is 18.4 Å². The quantitative estimate of drug-likeness (QED) is 0.706. The van der Waals surface area contributed by atoms with Crippen molar-refractivity contribution in [1.29, 1.82) is 0 Å². The lowest BCUT2D eigenvalue weighted by Crippen LogP contribution is -2.36. The van der Waals surface area contributed by atoms with Crippen LogP contribution in [-0.2, 0) is 5.88 Å². The van der Waals surface area contributed by atoms with Crippen molar-refractivity contribution in [1.82, 2.24) is 4.98 Å². The van der Waals surface area contributed by atoms with E-state index < -0.39 is 0 Å². The lowest BCUT2D eigenvalue weighted by Gasteiger charge is -2.37. The Morgan fingerprint density at radius 1 is 1.33 bits per heavy atom. The Labute approximate surface area is 134 Å². The van der Waals surface area contributed by atoms with Gasteiger partial charge < -0.3 is 4.74 Å². The molecule has 0 amide bonds. The third kappa shape index (κ3) is 3.91. The molecule has 1 saturated carbocycles. The van der Waals surface area contributed by atoms with Crippen molar-refractivity contribution in [3.8, 4) is 5.88 Å². The normalized spacial score (nSPS) is 26.1. The molecule has 3 atom stereocenters. The largest absolute Gasteiger partial charge is 0.474 e. The van der Waals surface area contributed by atoms with Gasteiger partial charge in [0.15, 0.2) is 0 Å². The highest BCUT2D eigenvalue weighted by molar-refractivity contribution is 6.17. The Balaban J connectivity index is 2.26. The molecular weight excluding hydrogens is 282 g/mol. The van der Waals surface area contributed by atoms with Crippen LogP contribution in [0.1, 0.15) is 56.9 Å². The zero-order chi connectivity index (χ0) is 15.6. The molecule has 21 heavy (non-hydrogen) atoms. The third-order valence-electron chi connectivity index (χ3n) is 4.80. The summed E-state index contributed by atoms with van der Waals surface area (Å²) in [4.78, 5) is 4.61. The van der Waals surface area contributed by atoms with Gasteiger partial charge in [-0.05, 0) is 56.1 Å². The molecule has 0 aromatic carbocycles. The highest BCUT2D eigenvalue weighted by atomic mass is 35.5. The van der Waals surface area contributed by atoms with E-state index in [-0.39, 0.29) is 6.10 Å². The Kier molecular flexibility index (Phi) is 5.54. The molecule has 1 fully saturated rings. The highest BCUT2D eigenvalue weighted by Crippen LogP contribution is 2.36. The van der Waals surface area contributed by atoms with Gasteiger partial charge in [-0.3, -0.25) is 0 Å². The maximum absolute atomic E-state index is 6.39. The van der Waals surface area contributed by atoms with Crippen LogP contribution < -0.4 is 4.74 Å². The molecule has 1 aromatic rings. The van der Waals surface area contributed by atoms with Gasteiger partial charge in [-0.1, -0.05) is 27.2 Å². The van der Waals surface area contributed by atoms with Crippen LogP contribution >= 0.6 is 11.6 Å². The molecule has 0 radical (unpaired) electrons. The molecule has 3 unspecified atom stereocenters. The standard InChI is InChI=1S/C18H28ClNO/c1-11(2)15-7-6-12(3)8-17(15)21-18-16(10-19)13(4)9-14(5)20-18/h9,11-12,15,17H,6-8,10H2,1-5H3. The molecule has 1 heterocycles. The molecule has 0 spiro atoms. The van der Waals surface area contributed by atoms with Crippen molar-refractivity contribution in [3.63, 3.8) is 0 Å². The zero-order valence-corrected chi connectivity index (χ0v) is 14.7. The molecule has 0 bridgehead atoms. The third-order valence-corrected chi connectivity index (χ3v) is 5.06. The fourth-order valence-electron chi connectivity index (χ4n) is 3.48. The molecule has 1 aliphatic carbocycles. The Hall–Kier alpha value is -0.760. The molecule has 0 N–H and O–H groups in total. The average molecular weight is 310 g/mol. The summed E-state index contributed by atoms with van der Waals surface area (Å²) < 4.78 is 6.39. The van der Waals surface area contributed by atoms with E-state index >= 15 is 0 Å². The highest BCUT2D eigenvalue weighted by Gasteiger charge is 2.33. The van der Waals surface area contributed by atoms with Crippen molar-refractivity contribution in [2.75, 3.05) is 0 Å². The van der Waals surface area contributed by atoms with Crippen LogP contribution in [-0.4, -0.2) is 11.1 Å². The first-order valence-corrected chi connectivity index (χ1v) is 8.65. The number of nitrogens with zero attached hydrogens (tertiary/aromatic N) is 1. The molecule has 3 heteroatoms. The van der Waals surface area contributed by atoms with Crippen LogP contribution in [0.5, 0.6) is 5.88 Å².